The molecule has 130 valence electrons. The van der Waals surface area contributed by atoms with E-state index in [0.29, 0.717) is 32.1 Å². The summed E-state index contributed by atoms with van der Waals surface area (Å²) in [5.41, 5.74) is 7.50. The molecular weight excluding hydrogens is 300 g/mol. The number of aliphatic hydroxyl groups excluding tert-OH is 2. The molecule has 4 N–H and O–H groups in total. The standard InChI is InChI=1S/C15H26N4O4/c16-13-11-14-15(17-12-13)19(4-8-23-10-6-21)2-1-18(14)3-7-22-9-5-20/h11-12,20-21H,1-10,16H2. The minimum Gasteiger partial charge on any atom is -0.397 e. The van der Waals surface area contributed by atoms with Crippen molar-refractivity contribution in [3.63, 3.8) is 0 Å². The maximum Gasteiger partial charge on any atom is 0.152 e. The molecule has 0 spiro atoms. The Balaban J connectivity index is 1.98. The Morgan fingerprint density at radius 3 is 2.26 bits per heavy atom. The number of nitrogen functional groups attached to an aromatic ring is 1. The number of anilines is 3. The first-order valence-electron chi connectivity index (χ1n) is 7.89. The van der Waals surface area contributed by atoms with Crippen LogP contribution in [0.5, 0.6) is 0 Å². The monoisotopic (exact) mass is 326 g/mol. The van der Waals surface area contributed by atoms with E-state index in [1.807, 2.05) is 6.07 Å². The smallest absolute Gasteiger partial charge is 0.152 e. The summed E-state index contributed by atoms with van der Waals surface area (Å²) in [7, 11) is 0. The molecule has 0 amide bonds. The third-order valence-electron chi connectivity index (χ3n) is 3.63. The van der Waals surface area contributed by atoms with Crippen molar-refractivity contribution in [1.29, 1.82) is 0 Å². The molecule has 2 heterocycles. The zero-order valence-corrected chi connectivity index (χ0v) is 13.4. The van der Waals surface area contributed by atoms with Crippen LogP contribution in [0.4, 0.5) is 17.2 Å². The number of nitrogens with two attached hydrogens (primary N) is 1. The van der Waals surface area contributed by atoms with Gasteiger partial charge in [-0.3, -0.25) is 0 Å². The second kappa shape index (κ2) is 9.51. The zero-order chi connectivity index (χ0) is 16.5. The molecule has 1 aromatic heterocycles. The summed E-state index contributed by atoms with van der Waals surface area (Å²) in [6.45, 7) is 5.01. The summed E-state index contributed by atoms with van der Waals surface area (Å²) < 4.78 is 10.7. The van der Waals surface area contributed by atoms with Crippen LogP contribution in [0.2, 0.25) is 0 Å². The van der Waals surface area contributed by atoms with Crippen LogP contribution in [-0.2, 0) is 9.47 Å². The van der Waals surface area contributed by atoms with Gasteiger partial charge in [-0.25, -0.2) is 4.98 Å². The van der Waals surface area contributed by atoms with Gasteiger partial charge < -0.3 is 35.2 Å². The fourth-order valence-corrected chi connectivity index (χ4v) is 2.54. The zero-order valence-electron chi connectivity index (χ0n) is 13.4. The first-order valence-corrected chi connectivity index (χ1v) is 7.89. The van der Waals surface area contributed by atoms with Crippen molar-refractivity contribution in [2.75, 3.05) is 81.4 Å². The Hall–Kier alpha value is -1.61. The van der Waals surface area contributed by atoms with E-state index in [-0.39, 0.29) is 13.2 Å². The van der Waals surface area contributed by atoms with Gasteiger partial charge in [0.15, 0.2) is 5.82 Å². The quantitative estimate of drug-likeness (QED) is 0.485. The molecule has 1 aromatic rings. The number of aromatic nitrogens is 1. The van der Waals surface area contributed by atoms with Gasteiger partial charge in [0.25, 0.3) is 0 Å². The molecule has 0 aromatic carbocycles. The van der Waals surface area contributed by atoms with Crippen LogP contribution >= 0.6 is 0 Å². The summed E-state index contributed by atoms with van der Waals surface area (Å²) in [6, 6.07) is 1.93. The van der Waals surface area contributed by atoms with Crippen molar-refractivity contribution in [2.24, 2.45) is 0 Å². The normalized spacial score (nSPS) is 14.2. The Morgan fingerprint density at radius 1 is 1.00 bits per heavy atom. The number of fused-ring (bicyclic) bond motifs is 1. The van der Waals surface area contributed by atoms with Gasteiger partial charge in [0.1, 0.15) is 0 Å². The summed E-state index contributed by atoms with van der Waals surface area (Å²) in [4.78, 5) is 8.83. The Bertz CT molecular complexity index is 475. The van der Waals surface area contributed by atoms with Gasteiger partial charge in [-0.15, -0.1) is 0 Å². The van der Waals surface area contributed by atoms with Gasteiger partial charge in [-0.2, -0.15) is 0 Å². The predicted molar refractivity (Wildman–Crippen MR) is 88.9 cm³/mol. The maximum absolute atomic E-state index is 8.75. The molecule has 0 atom stereocenters. The van der Waals surface area contributed by atoms with E-state index < -0.39 is 0 Å². The average Bonchev–Trinajstić information content (AvgIpc) is 2.56. The lowest BCUT2D eigenvalue weighted by Crippen LogP contribution is -2.44. The van der Waals surface area contributed by atoms with Gasteiger partial charge in [-0.05, 0) is 6.07 Å². The Kier molecular flexibility index (Phi) is 7.34. The van der Waals surface area contributed by atoms with Crippen LogP contribution in [-0.4, -0.2) is 81.0 Å². The second-order valence-corrected chi connectivity index (χ2v) is 5.26. The molecule has 0 unspecified atom stereocenters. The molecule has 0 radical (unpaired) electrons. The molecule has 8 heteroatoms. The second-order valence-electron chi connectivity index (χ2n) is 5.26. The van der Waals surface area contributed by atoms with E-state index in [1.165, 1.54) is 0 Å². The molecule has 1 aliphatic rings. The van der Waals surface area contributed by atoms with Crippen LogP contribution in [0.1, 0.15) is 0 Å². The van der Waals surface area contributed by atoms with Crippen molar-refractivity contribution in [3.05, 3.63) is 12.3 Å². The lowest BCUT2D eigenvalue weighted by atomic mass is 10.2. The summed E-state index contributed by atoms with van der Waals surface area (Å²) in [6.07, 6.45) is 1.66. The molecule has 0 fully saturated rings. The Morgan fingerprint density at radius 2 is 1.61 bits per heavy atom. The number of nitrogens with zero attached hydrogens (tertiary/aromatic N) is 3. The largest absolute Gasteiger partial charge is 0.397 e. The van der Waals surface area contributed by atoms with Crippen molar-refractivity contribution in [2.45, 2.75) is 0 Å². The van der Waals surface area contributed by atoms with E-state index in [9.17, 15) is 0 Å². The van der Waals surface area contributed by atoms with Crippen molar-refractivity contribution in [3.8, 4) is 0 Å². The average molecular weight is 326 g/mol. The highest BCUT2D eigenvalue weighted by atomic mass is 16.5. The van der Waals surface area contributed by atoms with Crippen molar-refractivity contribution >= 4 is 17.2 Å². The minimum absolute atomic E-state index is 0.0344. The van der Waals surface area contributed by atoms with Crippen molar-refractivity contribution in [1.82, 2.24) is 4.98 Å². The lowest BCUT2D eigenvalue weighted by molar-refractivity contribution is 0.0953. The minimum atomic E-state index is 0.0344. The lowest BCUT2D eigenvalue weighted by Gasteiger charge is -2.38. The molecule has 2 rings (SSSR count). The van der Waals surface area contributed by atoms with Gasteiger partial charge in [0.2, 0.25) is 0 Å². The van der Waals surface area contributed by atoms with Crippen LogP contribution in [0.3, 0.4) is 0 Å². The first-order chi connectivity index (χ1) is 11.3. The van der Waals surface area contributed by atoms with E-state index in [0.717, 1.165) is 37.7 Å². The molecule has 1 aliphatic heterocycles. The van der Waals surface area contributed by atoms with Gasteiger partial charge in [0, 0.05) is 26.2 Å². The first kappa shape index (κ1) is 17.7. The van der Waals surface area contributed by atoms with Crippen LogP contribution in [0.15, 0.2) is 12.3 Å². The van der Waals surface area contributed by atoms with Crippen LogP contribution < -0.4 is 15.5 Å². The fraction of sp³-hybridized carbons (Fsp3) is 0.667. The van der Waals surface area contributed by atoms with E-state index in [4.69, 9.17) is 25.4 Å². The third-order valence-corrected chi connectivity index (χ3v) is 3.63. The number of aliphatic hydroxyl groups is 2. The molecule has 0 bridgehead atoms. The van der Waals surface area contributed by atoms with Gasteiger partial charge >= 0.3 is 0 Å². The van der Waals surface area contributed by atoms with Gasteiger partial charge in [0.05, 0.1) is 57.2 Å². The highest BCUT2D eigenvalue weighted by Crippen LogP contribution is 2.32. The molecule has 0 aliphatic carbocycles. The maximum atomic E-state index is 8.75. The van der Waals surface area contributed by atoms with E-state index >= 15 is 0 Å². The third kappa shape index (κ3) is 5.21. The highest BCUT2D eigenvalue weighted by molar-refractivity contribution is 5.72. The SMILES string of the molecule is Nc1cnc2c(c1)N(CCOCCO)CCN2CCOCCO. The topological polar surface area (TPSA) is 104 Å². The number of hydrogen-bond acceptors (Lipinski definition) is 8. The molecule has 0 saturated carbocycles. The van der Waals surface area contributed by atoms with Crippen LogP contribution in [0.25, 0.3) is 0 Å². The number of hydrogen-bond donors (Lipinski definition) is 3. The molecule has 23 heavy (non-hydrogen) atoms. The van der Waals surface area contributed by atoms with Crippen molar-refractivity contribution < 1.29 is 19.7 Å². The fourth-order valence-electron chi connectivity index (χ4n) is 2.54. The summed E-state index contributed by atoms with van der Waals surface area (Å²) in [5.74, 6) is 0.889. The van der Waals surface area contributed by atoms with E-state index in [1.54, 1.807) is 6.20 Å². The summed E-state index contributed by atoms with van der Waals surface area (Å²) >= 11 is 0. The predicted octanol–water partition coefficient (Wildman–Crippen LogP) is -0.692. The molecule has 8 nitrogen and oxygen atoms in total. The number of rotatable bonds is 10. The number of ether oxygens (including phenoxy) is 2. The molecular formula is C15H26N4O4. The highest BCUT2D eigenvalue weighted by Gasteiger charge is 2.23. The van der Waals surface area contributed by atoms with Crippen LogP contribution in [0, 0.1) is 0 Å². The van der Waals surface area contributed by atoms with E-state index in [2.05, 4.69) is 14.8 Å². The van der Waals surface area contributed by atoms with Gasteiger partial charge in [-0.1, -0.05) is 0 Å². The number of pyridine rings is 1. The Labute approximate surface area is 136 Å². The molecule has 0 saturated heterocycles. The summed E-state index contributed by atoms with van der Waals surface area (Å²) in [5, 5.41) is 17.5.